The molecule has 2 aromatic rings. The Balaban J connectivity index is 2.29. The number of hydrogen-bond acceptors (Lipinski definition) is 2. The summed E-state index contributed by atoms with van der Waals surface area (Å²) in [5, 5.41) is 0. The number of nitrogens with one attached hydrogen (secondary N) is 1. The standard InChI is InChI=1S/C15H17NO2S/c1-12(2)16-19(17,18)15-10-8-14(9-11-15)13-6-4-3-5-7-13/h3-12,16H,1-2H3. The molecule has 4 heteroatoms. The fourth-order valence-corrected chi connectivity index (χ4v) is 3.09. The van der Waals surface area contributed by atoms with Gasteiger partial charge in [-0.2, -0.15) is 0 Å². The maximum atomic E-state index is 12.0. The minimum absolute atomic E-state index is 0.112. The lowest BCUT2D eigenvalue weighted by Gasteiger charge is -2.10. The monoisotopic (exact) mass is 275 g/mol. The Morgan fingerprint density at radius 2 is 1.37 bits per heavy atom. The molecule has 0 aliphatic rings. The van der Waals surface area contributed by atoms with E-state index in [9.17, 15) is 8.42 Å². The fraction of sp³-hybridized carbons (Fsp3) is 0.200. The first-order valence-electron chi connectivity index (χ1n) is 6.17. The van der Waals surface area contributed by atoms with Crippen molar-refractivity contribution in [1.82, 2.24) is 4.72 Å². The summed E-state index contributed by atoms with van der Waals surface area (Å²) >= 11 is 0. The molecule has 0 aromatic heterocycles. The molecule has 0 atom stereocenters. The van der Waals surface area contributed by atoms with E-state index < -0.39 is 10.0 Å². The van der Waals surface area contributed by atoms with Crippen LogP contribution in [0.25, 0.3) is 11.1 Å². The van der Waals surface area contributed by atoms with Crippen LogP contribution in [0.15, 0.2) is 59.5 Å². The number of hydrogen-bond donors (Lipinski definition) is 1. The van der Waals surface area contributed by atoms with Gasteiger partial charge in [0.1, 0.15) is 0 Å². The molecule has 0 saturated heterocycles. The van der Waals surface area contributed by atoms with Gasteiger partial charge in [-0.3, -0.25) is 0 Å². The Labute approximate surface area is 114 Å². The summed E-state index contributed by atoms with van der Waals surface area (Å²) in [4.78, 5) is 0.292. The quantitative estimate of drug-likeness (QED) is 0.932. The van der Waals surface area contributed by atoms with Crippen molar-refractivity contribution in [1.29, 1.82) is 0 Å². The molecule has 0 heterocycles. The largest absolute Gasteiger partial charge is 0.240 e. The van der Waals surface area contributed by atoms with Gasteiger partial charge >= 0.3 is 0 Å². The van der Waals surface area contributed by atoms with Crippen molar-refractivity contribution < 1.29 is 8.42 Å². The summed E-state index contributed by atoms with van der Waals surface area (Å²) < 4.78 is 26.5. The van der Waals surface area contributed by atoms with E-state index in [2.05, 4.69) is 4.72 Å². The lowest BCUT2D eigenvalue weighted by molar-refractivity contribution is 0.570. The van der Waals surface area contributed by atoms with Crippen LogP contribution in [0.2, 0.25) is 0 Å². The van der Waals surface area contributed by atoms with E-state index in [4.69, 9.17) is 0 Å². The highest BCUT2D eigenvalue weighted by Gasteiger charge is 2.14. The van der Waals surface area contributed by atoms with Gasteiger partial charge in [0.2, 0.25) is 10.0 Å². The molecule has 0 bridgehead atoms. The molecule has 2 rings (SSSR count). The molecule has 0 saturated carbocycles. The zero-order valence-electron chi connectivity index (χ0n) is 11.0. The van der Waals surface area contributed by atoms with E-state index in [0.717, 1.165) is 11.1 Å². The van der Waals surface area contributed by atoms with Crippen molar-refractivity contribution in [2.45, 2.75) is 24.8 Å². The Morgan fingerprint density at radius 1 is 0.842 bits per heavy atom. The van der Waals surface area contributed by atoms with E-state index >= 15 is 0 Å². The van der Waals surface area contributed by atoms with Gasteiger partial charge in [0, 0.05) is 6.04 Å². The van der Waals surface area contributed by atoms with Crippen LogP contribution in [-0.4, -0.2) is 14.5 Å². The molecular weight excluding hydrogens is 258 g/mol. The van der Waals surface area contributed by atoms with E-state index in [1.807, 2.05) is 42.5 Å². The molecule has 0 aliphatic heterocycles. The molecule has 0 fully saturated rings. The summed E-state index contributed by atoms with van der Waals surface area (Å²) in [7, 11) is -3.41. The summed E-state index contributed by atoms with van der Waals surface area (Å²) in [6.45, 7) is 3.60. The number of rotatable bonds is 4. The van der Waals surface area contributed by atoms with Crippen molar-refractivity contribution in [2.24, 2.45) is 0 Å². The summed E-state index contributed by atoms with van der Waals surface area (Å²) in [5.41, 5.74) is 2.08. The van der Waals surface area contributed by atoms with Gasteiger partial charge in [-0.05, 0) is 37.1 Å². The minimum Gasteiger partial charge on any atom is -0.209 e. The smallest absolute Gasteiger partial charge is 0.209 e. The average molecular weight is 275 g/mol. The van der Waals surface area contributed by atoms with Crippen molar-refractivity contribution in [3.63, 3.8) is 0 Å². The van der Waals surface area contributed by atoms with Crippen LogP contribution in [0.1, 0.15) is 13.8 Å². The third kappa shape index (κ3) is 3.43. The zero-order chi connectivity index (χ0) is 13.9. The topological polar surface area (TPSA) is 46.2 Å². The molecule has 19 heavy (non-hydrogen) atoms. The van der Waals surface area contributed by atoms with E-state index in [0.29, 0.717) is 4.90 Å². The summed E-state index contributed by atoms with van der Waals surface area (Å²) in [5.74, 6) is 0. The highest BCUT2D eigenvalue weighted by Crippen LogP contribution is 2.20. The van der Waals surface area contributed by atoms with Crippen LogP contribution in [0.5, 0.6) is 0 Å². The fourth-order valence-electron chi connectivity index (χ4n) is 1.84. The molecule has 3 nitrogen and oxygen atoms in total. The molecule has 2 aromatic carbocycles. The minimum atomic E-state index is -3.41. The van der Waals surface area contributed by atoms with Crippen LogP contribution in [0.3, 0.4) is 0 Å². The molecule has 100 valence electrons. The lowest BCUT2D eigenvalue weighted by atomic mass is 10.1. The van der Waals surface area contributed by atoms with Crippen molar-refractivity contribution in [3.8, 4) is 11.1 Å². The second-order valence-corrected chi connectivity index (χ2v) is 6.38. The zero-order valence-corrected chi connectivity index (χ0v) is 11.8. The molecule has 0 spiro atoms. The van der Waals surface area contributed by atoms with Gasteiger partial charge in [-0.1, -0.05) is 42.5 Å². The third-order valence-corrected chi connectivity index (χ3v) is 4.34. The van der Waals surface area contributed by atoms with E-state index in [1.54, 1.807) is 26.0 Å². The van der Waals surface area contributed by atoms with Crippen LogP contribution < -0.4 is 4.72 Å². The lowest BCUT2D eigenvalue weighted by Crippen LogP contribution is -2.30. The second kappa shape index (κ2) is 5.55. The Bertz CT molecular complexity index is 632. The van der Waals surface area contributed by atoms with Gasteiger partial charge in [0.15, 0.2) is 0 Å². The van der Waals surface area contributed by atoms with Gasteiger partial charge in [-0.25, -0.2) is 13.1 Å². The van der Waals surface area contributed by atoms with Crippen LogP contribution in [0, 0.1) is 0 Å². The van der Waals surface area contributed by atoms with Crippen LogP contribution in [-0.2, 0) is 10.0 Å². The number of benzene rings is 2. The third-order valence-electron chi connectivity index (χ3n) is 2.66. The SMILES string of the molecule is CC(C)NS(=O)(=O)c1ccc(-c2ccccc2)cc1. The Hall–Kier alpha value is -1.65. The first kappa shape index (κ1) is 13.8. The normalized spacial score (nSPS) is 11.7. The van der Waals surface area contributed by atoms with Crippen molar-refractivity contribution in [2.75, 3.05) is 0 Å². The van der Waals surface area contributed by atoms with Gasteiger partial charge in [-0.15, -0.1) is 0 Å². The highest BCUT2D eigenvalue weighted by molar-refractivity contribution is 7.89. The Kier molecular flexibility index (Phi) is 4.02. The second-order valence-electron chi connectivity index (χ2n) is 4.67. The maximum absolute atomic E-state index is 12.0. The molecule has 0 unspecified atom stereocenters. The van der Waals surface area contributed by atoms with Gasteiger partial charge < -0.3 is 0 Å². The Morgan fingerprint density at radius 3 is 1.89 bits per heavy atom. The van der Waals surface area contributed by atoms with E-state index in [1.165, 1.54) is 0 Å². The summed E-state index contributed by atoms with van der Waals surface area (Å²) in [6.07, 6.45) is 0. The molecule has 0 amide bonds. The molecular formula is C15H17NO2S. The van der Waals surface area contributed by atoms with Gasteiger partial charge in [0.05, 0.1) is 4.90 Å². The highest BCUT2D eigenvalue weighted by atomic mass is 32.2. The first-order valence-corrected chi connectivity index (χ1v) is 7.65. The predicted molar refractivity (Wildman–Crippen MR) is 77.3 cm³/mol. The van der Waals surface area contributed by atoms with Crippen molar-refractivity contribution >= 4 is 10.0 Å². The summed E-state index contributed by atoms with van der Waals surface area (Å²) in [6, 6.07) is 16.7. The van der Waals surface area contributed by atoms with Crippen molar-refractivity contribution in [3.05, 3.63) is 54.6 Å². The average Bonchev–Trinajstić information content (AvgIpc) is 2.38. The predicted octanol–water partition coefficient (Wildman–Crippen LogP) is 3.04. The maximum Gasteiger partial charge on any atom is 0.240 e. The van der Waals surface area contributed by atoms with Crippen LogP contribution in [0.4, 0.5) is 0 Å². The molecule has 1 N–H and O–H groups in total. The van der Waals surface area contributed by atoms with E-state index in [-0.39, 0.29) is 6.04 Å². The molecule has 0 radical (unpaired) electrons. The number of sulfonamides is 1. The first-order chi connectivity index (χ1) is 8.99. The van der Waals surface area contributed by atoms with Crippen LogP contribution >= 0.6 is 0 Å². The molecule has 0 aliphatic carbocycles. The van der Waals surface area contributed by atoms with Gasteiger partial charge in [0.25, 0.3) is 0 Å².